The van der Waals surface area contributed by atoms with E-state index >= 15 is 0 Å². The van der Waals surface area contributed by atoms with E-state index in [0.29, 0.717) is 6.61 Å². The van der Waals surface area contributed by atoms with E-state index in [0.717, 1.165) is 16.0 Å². The smallest absolute Gasteiger partial charge is 0.157 e. The second-order valence-electron chi connectivity index (χ2n) is 5.29. The minimum absolute atomic E-state index is 0.0189. The summed E-state index contributed by atoms with van der Waals surface area (Å²) in [6.07, 6.45) is -1.00. The van der Waals surface area contributed by atoms with Gasteiger partial charge in [0, 0.05) is 4.88 Å². The molecule has 1 N–H and O–H groups in total. The van der Waals surface area contributed by atoms with Crippen molar-refractivity contribution >= 4 is 21.2 Å². The van der Waals surface area contributed by atoms with E-state index in [1.165, 1.54) is 0 Å². The van der Waals surface area contributed by atoms with Gasteiger partial charge in [0.25, 0.3) is 0 Å². The average Bonchev–Trinajstić information content (AvgIpc) is 2.93. The first-order valence-corrected chi connectivity index (χ1v) is 9.69. The highest BCUT2D eigenvalue weighted by atomic mass is 32.2. The lowest BCUT2D eigenvalue weighted by molar-refractivity contribution is 0.0401. The van der Waals surface area contributed by atoms with Crippen molar-refractivity contribution in [2.75, 3.05) is 12.4 Å². The number of aryl methyl sites for hydroxylation is 1. The van der Waals surface area contributed by atoms with Crippen LogP contribution in [-0.2, 0) is 26.9 Å². The lowest BCUT2D eigenvalue weighted by Gasteiger charge is -2.11. The van der Waals surface area contributed by atoms with Crippen LogP contribution in [0.5, 0.6) is 0 Å². The molecule has 0 bridgehead atoms. The molecular weight excluding hydrogens is 320 g/mol. The summed E-state index contributed by atoms with van der Waals surface area (Å²) in [5, 5.41) is 11.8. The van der Waals surface area contributed by atoms with Crippen molar-refractivity contribution in [1.82, 2.24) is 0 Å². The van der Waals surface area contributed by atoms with Crippen molar-refractivity contribution in [2.45, 2.75) is 25.4 Å². The zero-order valence-electron chi connectivity index (χ0n) is 12.4. The molecule has 2 aromatic rings. The van der Waals surface area contributed by atoms with Crippen LogP contribution in [0.15, 0.2) is 41.8 Å². The number of aliphatic hydroxyl groups is 1. The van der Waals surface area contributed by atoms with Crippen molar-refractivity contribution in [3.8, 4) is 0 Å². The Kier molecular flexibility index (Phi) is 6.14. The van der Waals surface area contributed by atoms with Crippen LogP contribution >= 0.6 is 11.3 Å². The summed E-state index contributed by atoms with van der Waals surface area (Å²) >= 11 is 1.57. The van der Waals surface area contributed by atoms with Crippen LogP contribution in [0, 0.1) is 6.92 Å². The summed E-state index contributed by atoms with van der Waals surface area (Å²) in [6.45, 7) is 2.37. The quantitative estimate of drug-likeness (QED) is 0.802. The highest BCUT2D eigenvalue weighted by Gasteiger charge is 2.18. The topological polar surface area (TPSA) is 63.6 Å². The SMILES string of the molecule is Cc1ccc(CS(=O)(=O)CC(O)COCc2cccs2)cc1. The predicted molar refractivity (Wildman–Crippen MR) is 88.7 cm³/mol. The number of thiophene rings is 1. The van der Waals surface area contributed by atoms with Crippen LogP contribution in [0.25, 0.3) is 0 Å². The number of benzene rings is 1. The van der Waals surface area contributed by atoms with E-state index in [1.54, 1.807) is 23.5 Å². The Morgan fingerprint density at radius 2 is 1.95 bits per heavy atom. The van der Waals surface area contributed by atoms with E-state index in [1.807, 2.05) is 36.6 Å². The van der Waals surface area contributed by atoms with Gasteiger partial charge in [-0.25, -0.2) is 8.42 Å². The van der Waals surface area contributed by atoms with Gasteiger partial charge in [-0.1, -0.05) is 35.9 Å². The van der Waals surface area contributed by atoms with E-state index in [2.05, 4.69) is 0 Å². The zero-order chi connectivity index (χ0) is 16.0. The number of hydrogen-bond acceptors (Lipinski definition) is 5. The summed E-state index contributed by atoms with van der Waals surface area (Å²) in [7, 11) is -3.36. The molecule has 1 atom stereocenters. The van der Waals surface area contributed by atoms with Gasteiger partial charge in [0.1, 0.15) is 0 Å². The van der Waals surface area contributed by atoms with E-state index < -0.39 is 15.9 Å². The fourth-order valence-electron chi connectivity index (χ4n) is 2.03. The Hall–Kier alpha value is -1.21. The third-order valence-electron chi connectivity index (χ3n) is 3.09. The Bertz CT molecular complexity index is 661. The van der Waals surface area contributed by atoms with Gasteiger partial charge in [-0.15, -0.1) is 11.3 Å². The Labute approximate surface area is 135 Å². The molecule has 4 nitrogen and oxygen atoms in total. The summed E-state index contributed by atoms with van der Waals surface area (Å²) in [5.74, 6) is -0.347. The number of hydrogen-bond donors (Lipinski definition) is 1. The predicted octanol–water partition coefficient (Wildman–Crippen LogP) is 2.55. The molecular formula is C16H20O4S2. The maximum absolute atomic E-state index is 12.1. The maximum Gasteiger partial charge on any atom is 0.157 e. The van der Waals surface area contributed by atoms with E-state index in [-0.39, 0.29) is 18.1 Å². The normalized spacial score (nSPS) is 13.2. The third kappa shape index (κ3) is 5.88. The second kappa shape index (κ2) is 7.87. The maximum atomic E-state index is 12.1. The van der Waals surface area contributed by atoms with Gasteiger partial charge >= 0.3 is 0 Å². The van der Waals surface area contributed by atoms with E-state index in [9.17, 15) is 13.5 Å². The molecule has 1 heterocycles. The summed E-state index contributed by atoms with van der Waals surface area (Å²) in [6, 6.07) is 11.2. The Morgan fingerprint density at radius 3 is 2.59 bits per heavy atom. The Morgan fingerprint density at radius 1 is 1.23 bits per heavy atom. The Balaban J connectivity index is 1.78. The molecule has 0 aliphatic heterocycles. The molecule has 22 heavy (non-hydrogen) atoms. The summed E-state index contributed by atoms with van der Waals surface area (Å²) < 4.78 is 29.5. The van der Waals surface area contributed by atoms with Crippen LogP contribution in [-0.4, -0.2) is 32.0 Å². The second-order valence-corrected chi connectivity index (χ2v) is 8.43. The number of aliphatic hydroxyl groups excluding tert-OH is 1. The fraction of sp³-hybridized carbons (Fsp3) is 0.375. The number of rotatable bonds is 8. The summed E-state index contributed by atoms with van der Waals surface area (Å²) in [4.78, 5) is 1.05. The minimum atomic E-state index is -3.36. The number of ether oxygens (including phenoxy) is 1. The van der Waals surface area contributed by atoms with Gasteiger partial charge in [0.15, 0.2) is 9.84 Å². The highest BCUT2D eigenvalue weighted by Crippen LogP contribution is 2.11. The zero-order valence-corrected chi connectivity index (χ0v) is 14.1. The summed E-state index contributed by atoms with van der Waals surface area (Å²) in [5.41, 5.74) is 1.82. The molecule has 0 saturated carbocycles. The average molecular weight is 340 g/mol. The molecule has 1 aromatic carbocycles. The molecule has 0 saturated heterocycles. The first kappa shape index (κ1) is 17.1. The van der Waals surface area contributed by atoms with Gasteiger partial charge in [-0.05, 0) is 23.9 Å². The standard InChI is InChI=1S/C16H20O4S2/c1-13-4-6-14(7-5-13)11-22(18,19)12-15(17)9-20-10-16-3-2-8-21-16/h2-8,15,17H,9-12H2,1H3. The minimum Gasteiger partial charge on any atom is -0.390 e. The molecule has 1 unspecified atom stereocenters. The van der Waals surface area contributed by atoms with Crippen molar-refractivity contribution in [3.63, 3.8) is 0 Å². The lowest BCUT2D eigenvalue weighted by Crippen LogP contribution is -2.26. The molecule has 1 aromatic heterocycles. The van der Waals surface area contributed by atoms with Crippen LogP contribution in [0.1, 0.15) is 16.0 Å². The van der Waals surface area contributed by atoms with Crippen LogP contribution in [0.2, 0.25) is 0 Å². The molecule has 2 rings (SSSR count). The third-order valence-corrected chi connectivity index (χ3v) is 5.60. The van der Waals surface area contributed by atoms with Gasteiger partial charge in [0.2, 0.25) is 0 Å². The molecule has 120 valence electrons. The molecule has 0 aliphatic rings. The van der Waals surface area contributed by atoms with Crippen LogP contribution in [0.3, 0.4) is 0 Å². The van der Waals surface area contributed by atoms with Gasteiger partial charge < -0.3 is 9.84 Å². The first-order chi connectivity index (χ1) is 10.4. The van der Waals surface area contributed by atoms with Crippen LogP contribution < -0.4 is 0 Å². The van der Waals surface area contributed by atoms with Gasteiger partial charge in [0.05, 0.1) is 30.8 Å². The van der Waals surface area contributed by atoms with Crippen molar-refractivity contribution in [2.24, 2.45) is 0 Å². The van der Waals surface area contributed by atoms with Crippen molar-refractivity contribution in [3.05, 3.63) is 57.8 Å². The van der Waals surface area contributed by atoms with Crippen molar-refractivity contribution in [1.29, 1.82) is 0 Å². The fourth-order valence-corrected chi connectivity index (χ4v) is 4.17. The largest absolute Gasteiger partial charge is 0.390 e. The molecule has 0 radical (unpaired) electrons. The van der Waals surface area contributed by atoms with Gasteiger partial charge in [-0.3, -0.25) is 0 Å². The molecule has 0 fully saturated rings. The molecule has 6 heteroatoms. The lowest BCUT2D eigenvalue weighted by atomic mass is 10.2. The van der Waals surface area contributed by atoms with E-state index in [4.69, 9.17) is 4.74 Å². The highest BCUT2D eigenvalue weighted by molar-refractivity contribution is 7.90. The molecule has 0 spiro atoms. The first-order valence-electron chi connectivity index (χ1n) is 6.99. The van der Waals surface area contributed by atoms with Gasteiger partial charge in [-0.2, -0.15) is 0 Å². The number of sulfone groups is 1. The molecule has 0 amide bonds. The monoisotopic (exact) mass is 340 g/mol. The van der Waals surface area contributed by atoms with Crippen LogP contribution in [0.4, 0.5) is 0 Å². The molecule has 0 aliphatic carbocycles. The van der Waals surface area contributed by atoms with Crippen molar-refractivity contribution < 1.29 is 18.3 Å².